The summed E-state index contributed by atoms with van der Waals surface area (Å²) < 4.78 is 9.49. The maximum absolute atomic E-state index is 13.0. The van der Waals surface area contributed by atoms with Gasteiger partial charge in [0.1, 0.15) is 0 Å². The first-order valence-electron chi connectivity index (χ1n) is 9.86. The average molecular weight is 430 g/mol. The molecule has 0 saturated heterocycles. The second-order valence-corrected chi connectivity index (χ2v) is 9.56. The van der Waals surface area contributed by atoms with Gasteiger partial charge in [-0.25, -0.2) is 9.59 Å². The zero-order valence-electron chi connectivity index (χ0n) is 18.0. The smallest absolute Gasteiger partial charge is 0.337 e. The summed E-state index contributed by atoms with van der Waals surface area (Å²) in [5.41, 5.74) is 2.67. The fraction of sp³-hybridized carbons (Fsp3) is 0.435. The van der Waals surface area contributed by atoms with Gasteiger partial charge in [-0.2, -0.15) is 0 Å². The number of nitrogens with one attached hydrogen (secondary N) is 1. The number of benzene rings is 1. The SMILES string of the molecule is COC(=O)c1cc(NC(=O)c2csc3c2CCC(C(C)(C)C)C3)cc(C(=O)OC)c1. The fourth-order valence-electron chi connectivity index (χ4n) is 3.81. The number of hydrogen-bond donors (Lipinski definition) is 1. The molecule has 0 radical (unpaired) electrons. The summed E-state index contributed by atoms with van der Waals surface area (Å²) in [5.74, 6) is -0.853. The number of hydrogen-bond acceptors (Lipinski definition) is 6. The summed E-state index contributed by atoms with van der Waals surface area (Å²) >= 11 is 1.63. The largest absolute Gasteiger partial charge is 0.465 e. The highest BCUT2D eigenvalue weighted by Gasteiger charge is 2.31. The number of rotatable bonds is 4. The Morgan fingerprint density at radius 2 is 1.63 bits per heavy atom. The Hall–Kier alpha value is -2.67. The number of amides is 1. The summed E-state index contributed by atoms with van der Waals surface area (Å²) in [6.45, 7) is 6.78. The molecule has 1 atom stereocenters. The third-order valence-corrected chi connectivity index (χ3v) is 6.71. The number of carbonyl (C=O) groups is 3. The van der Waals surface area contributed by atoms with E-state index in [1.807, 2.05) is 5.38 Å². The molecule has 1 aliphatic carbocycles. The molecule has 1 heterocycles. The second-order valence-electron chi connectivity index (χ2n) is 8.59. The molecule has 3 rings (SSSR count). The van der Waals surface area contributed by atoms with Crippen molar-refractivity contribution in [2.24, 2.45) is 11.3 Å². The highest BCUT2D eigenvalue weighted by atomic mass is 32.1. The molecule has 0 saturated carbocycles. The number of carbonyl (C=O) groups excluding carboxylic acids is 3. The Morgan fingerprint density at radius 3 is 2.17 bits per heavy atom. The van der Waals surface area contributed by atoms with Crippen LogP contribution in [0.1, 0.15) is 68.7 Å². The van der Waals surface area contributed by atoms with Gasteiger partial charge in [0, 0.05) is 15.9 Å². The maximum Gasteiger partial charge on any atom is 0.337 e. The highest BCUT2D eigenvalue weighted by Crippen LogP contribution is 2.40. The normalized spacial score (nSPS) is 15.8. The average Bonchev–Trinajstić information content (AvgIpc) is 3.15. The highest BCUT2D eigenvalue weighted by molar-refractivity contribution is 7.10. The first-order valence-corrected chi connectivity index (χ1v) is 10.7. The van der Waals surface area contributed by atoms with Crippen LogP contribution < -0.4 is 5.32 Å². The van der Waals surface area contributed by atoms with Crippen LogP contribution in [0.5, 0.6) is 0 Å². The summed E-state index contributed by atoms with van der Waals surface area (Å²) in [4.78, 5) is 38.2. The van der Waals surface area contributed by atoms with Crippen molar-refractivity contribution in [3.63, 3.8) is 0 Å². The van der Waals surface area contributed by atoms with E-state index in [-0.39, 0.29) is 22.4 Å². The van der Waals surface area contributed by atoms with E-state index >= 15 is 0 Å². The molecule has 1 N–H and O–H groups in total. The van der Waals surface area contributed by atoms with Crippen LogP contribution in [-0.4, -0.2) is 32.1 Å². The molecule has 30 heavy (non-hydrogen) atoms. The summed E-state index contributed by atoms with van der Waals surface area (Å²) in [7, 11) is 2.52. The van der Waals surface area contributed by atoms with Gasteiger partial charge in [0.05, 0.1) is 30.9 Å². The van der Waals surface area contributed by atoms with Crippen molar-refractivity contribution in [2.75, 3.05) is 19.5 Å². The molecule has 2 aromatic rings. The van der Waals surface area contributed by atoms with Crippen LogP contribution in [0.15, 0.2) is 23.6 Å². The quantitative estimate of drug-likeness (QED) is 0.711. The second kappa shape index (κ2) is 8.60. The van der Waals surface area contributed by atoms with E-state index < -0.39 is 11.9 Å². The Morgan fingerprint density at radius 1 is 1.03 bits per heavy atom. The molecule has 1 aromatic heterocycles. The Kier molecular flexibility index (Phi) is 6.31. The first kappa shape index (κ1) is 22.0. The van der Waals surface area contributed by atoms with Crippen molar-refractivity contribution in [2.45, 2.75) is 40.0 Å². The van der Waals surface area contributed by atoms with E-state index in [0.717, 1.165) is 24.8 Å². The number of thiophene rings is 1. The molecule has 0 fully saturated rings. The number of esters is 2. The number of ether oxygens (including phenoxy) is 2. The molecule has 0 bridgehead atoms. The van der Waals surface area contributed by atoms with Crippen LogP contribution in [0, 0.1) is 11.3 Å². The molecule has 7 heteroatoms. The lowest BCUT2D eigenvalue weighted by Crippen LogP contribution is -2.27. The van der Waals surface area contributed by atoms with E-state index in [1.165, 1.54) is 37.3 Å². The molecule has 1 unspecified atom stereocenters. The van der Waals surface area contributed by atoms with E-state index in [0.29, 0.717) is 17.2 Å². The van der Waals surface area contributed by atoms with Crippen LogP contribution in [-0.2, 0) is 22.3 Å². The molecule has 1 amide bonds. The lowest BCUT2D eigenvalue weighted by atomic mass is 9.72. The third-order valence-electron chi connectivity index (χ3n) is 5.66. The third kappa shape index (κ3) is 4.56. The van der Waals surface area contributed by atoms with Crippen molar-refractivity contribution >= 4 is 34.9 Å². The van der Waals surface area contributed by atoms with Gasteiger partial charge in [-0.15, -0.1) is 11.3 Å². The lowest BCUT2D eigenvalue weighted by molar-refractivity contribution is 0.0599. The van der Waals surface area contributed by atoms with Gasteiger partial charge in [0.2, 0.25) is 0 Å². The molecule has 0 spiro atoms. The van der Waals surface area contributed by atoms with Crippen molar-refractivity contribution in [3.8, 4) is 0 Å². The monoisotopic (exact) mass is 429 g/mol. The van der Waals surface area contributed by atoms with E-state index in [2.05, 4.69) is 26.1 Å². The maximum atomic E-state index is 13.0. The zero-order valence-corrected chi connectivity index (χ0v) is 18.8. The standard InChI is InChI=1S/C23H27NO5S/c1-23(2,3)15-6-7-17-18(12-30-19(17)11-15)20(25)24-16-9-13(21(26)28-4)8-14(10-16)22(27)29-5/h8-10,12,15H,6-7,11H2,1-5H3,(H,24,25). The Balaban J connectivity index is 1.86. The van der Waals surface area contributed by atoms with Gasteiger partial charge >= 0.3 is 11.9 Å². The number of anilines is 1. The van der Waals surface area contributed by atoms with Crippen molar-refractivity contribution < 1.29 is 23.9 Å². The van der Waals surface area contributed by atoms with Gasteiger partial charge in [0.15, 0.2) is 0 Å². The molecule has 1 aliphatic rings. The van der Waals surface area contributed by atoms with E-state index in [9.17, 15) is 14.4 Å². The zero-order chi connectivity index (χ0) is 22.1. The molecular weight excluding hydrogens is 402 g/mol. The van der Waals surface area contributed by atoms with Crippen LogP contribution >= 0.6 is 11.3 Å². The van der Waals surface area contributed by atoms with Crippen LogP contribution in [0.3, 0.4) is 0 Å². The van der Waals surface area contributed by atoms with Crippen LogP contribution in [0.25, 0.3) is 0 Å². The Bertz CT molecular complexity index is 952. The van der Waals surface area contributed by atoms with E-state index in [1.54, 1.807) is 11.3 Å². The van der Waals surface area contributed by atoms with E-state index in [4.69, 9.17) is 9.47 Å². The van der Waals surface area contributed by atoms with Crippen molar-refractivity contribution in [3.05, 3.63) is 50.7 Å². The number of fused-ring (bicyclic) bond motifs is 1. The van der Waals surface area contributed by atoms with Crippen molar-refractivity contribution in [1.82, 2.24) is 0 Å². The lowest BCUT2D eigenvalue weighted by Gasteiger charge is -2.34. The topological polar surface area (TPSA) is 81.7 Å². The molecular formula is C23H27NO5S. The van der Waals surface area contributed by atoms with Crippen molar-refractivity contribution in [1.29, 1.82) is 0 Å². The predicted octanol–water partition coefficient (Wildman–Crippen LogP) is 4.72. The van der Waals surface area contributed by atoms with Crippen LogP contribution in [0.4, 0.5) is 5.69 Å². The van der Waals surface area contributed by atoms with Gasteiger partial charge in [-0.05, 0) is 54.4 Å². The minimum atomic E-state index is -0.600. The van der Waals surface area contributed by atoms with Crippen LogP contribution in [0.2, 0.25) is 0 Å². The Labute approximate surface area is 180 Å². The van der Waals surface area contributed by atoms with Gasteiger partial charge in [-0.1, -0.05) is 20.8 Å². The molecule has 160 valence electrons. The number of methoxy groups -OCH3 is 2. The predicted molar refractivity (Wildman–Crippen MR) is 116 cm³/mol. The fourth-order valence-corrected chi connectivity index (χ4v) is 4.97. The van der Waals surface area contributed by atoms with Gasteiger partial charge in [-0.3, -0.25) is 4.79 Å². The first-order chi connectivity index (χ1) is 14.1. The molecule has 6 nitrogen and oxygen atoms in total. The van der Waals surface area contributed by atoms with Gasteiger partial charge < -0.3 is 14.8 Å². The minimum Gasteiger partial charge on any atom is -0.465 e. The van der Waals surface area contributed by atoms with Gasteiger partial charge in [0.25, 0.3) is 5.91 Å². The molecule has 0 aliphatic heterocycles. The summed E-state index contributed by atoms with van der Waals surface area (Å²) in [5, 5.41) is 4.73. The molecule has 1 aromatic carbocycles. The minimum absolute atomic E-state index is 0.163. The summed E-state index contributed by atoms with van der Waals surface area (Å²) in [6.07, 6.45) is 2.91. The summed E-state index contributed by atoms with van der Waals surface area (Å²) in [6, 6.07) is 4.36.